The average Bonchev–Trinajstić information content (AvgIpc) is 3.95. The molecule has 0 aliphatic carbocycles. The molecule has 4 fully saturated rings. The second kappa shape index (κ2) is 32.9. The van der Waals surface area contributed by atoms with Gasteiger partial charge in [0.05, 0.1) is 99.6 Å². The molecule has 4 unspecified atom stereocenters. The number of hydrogen-bond donors (Lipinski definition) is 0. The Balaban J connectivity index is 0.000000447. The van der Waals surface area contributed by atoms with Crippen molar-refractivity contribution in [3.63, 3.8) is 0 Å². The van der Waals surface area contributed by atoms with Gasteiger partial charge in [0.15, 0.2) is 0 Å². The van der Waals surface area contributed by atoms with Crippen LogP contribution in [0.3, 0.4) is 0 Å². The number of rotatable bonds is 22. The molecule has 0 aromatic heterocycles. The molecule has 15 nitrogen and oxygen atoms in total. The van der Waals surface area contributed by atoms with Gasteiger partial charge < -0.3 is 66.5 Å². The summed E-state index contributed by atoms with van der Waals surface area (Å²) in [5, 5.41) is 0. The van der Waals surface area contributed by atoms with Crippen molar-refractivity contribution in [2.75, 3.05) is 47.2 Å². The molecule has 17 heteroatoms. The number of carbonyl (C=O) groups excluding carboxylic acids is 1. The Hall–Kier alpha value is -0.920. The van der Waals surface area contributed by atoms with Gasteiger partial charge in [0.2, 0.25) is 5.91 Å². The van der Waals surface area contributed by atoms with Gasteiger partial charge in [0, 0.05) is 45.6 Å². The molecule has 0 aromatic carbocycles. The molecule has 0 aromatic rings. The summed E-state index contributed by atoms with van der Waals surface area (Å²) in [6.45, 7) is 40.8. The zero-order valence-electron chi connectivity index (χ0n) is 45.8. The van der Waals surface area contributed by atoms with Crippen LogP contribution in [0.25, 0.3) is 0 Å². The highest BCUT2D eigenvalue weighted by molar-refractivity contribution is 6.11. The minimum absolute atomic E-state index is 0.00486. The summed E-state index contributed by atoms with van der Waals surface area (Å²) in [4.78, 5) is 13.4. The summed E-state index contributed by atoms with van der Waals surface area (Å²) in [5.74, 6) is 0.304. The molecule has 4 saturated heterocycles. The summed E-state index contributed by atoms with van der Waals surface area (Å²) in [7, 11) is 15.2. The van der Waals surface area contributed by atoms with Crippen LogP contribution >= 0.6 is 0 Å². The lowest BCUT2D eigenvalue weighted by Gasteiger charge is -2.29. The monoisotopic (exact) mass is 958 g/mol. The number of likely N-dealkylation sites (tertiary alicyclic amines) is 1. The Morgan fingerprint density at radius 2 is 1.07 bits per heavy atom. The molecule has 4 rings (SSSR count). The molecule has 4 aliphatic heterocycles. The van der Waals surface area contributed by atoms with Crippen LogP contribution < -0.4 is 0 Å². The van der Waals surface area contributed by atoms with E-state index in [0.29, 0.717) is 33.0 Å². The van der Waals surface area contributed by atoms with E-state index in [1.807, 2.05) is 123 Å². The largest absolute Gasteiger partial charge is 0.379 e. The number of ether oxygens (including phenoxy) is 13. The van der Waals surface area contributed by atoms with Crippen molar-refractivity contribution in [1.29, 1.82) is 0 Å². The van der Waals surface area contributed by atoms with E-state index in [1.165, 1.54) is 0 Å². The fourth-order valence-electron chi connectivity index (χ4n) is 8.17. The highest BCUT2D eigenvalue weighted by Gasteiger charge is 2.45. The number of carbonyl (C=O) groups is 1. The summed E-state index contributed by atoms with van der Waals surface area (Å²) < 4.78 is 73.6. The fourth-order valence-corrected chi connectivity index (χ4v) is 8.17. The standard InChI is InChI=1S/C13H25BO3.C13H25NO3.C12H23BO4.C12H24O4/c1-7(2)15-10(6)12-11(16-8(3)4)9(5)13(14)17-12;1-9(2)16-8-12-6-13(17-10(3)4)7-14(12)11(5)15;1-7(2)15-6-9-10(14-5)11(12(13)17-9)16-8(3)4;1-8(2)14-7-11-12(16-9(3)4)10(13-5)6-15-11/h7-13H,1-6H3;9-10,12-13H,6-8H2,1-5H3;7-12H,6H2,1-5H3;8-12H,6-7H2,1-5H3/t9?,10?,11-,12-,13-;12-,13+;9-,10+,11?,12-;10?,11-,12-/m1011/s1. The molecule has 0 bridgehead atoms. The van der Waals surface area contributed by atoms with E-state index < -0.39 is 6.00 Å². The van der Waals surface area contributed by atoms with E-state index in [0.717, 1.165) is 6.42 Å². The second-order valence-corrected chi connectivity index (χ2v) is 20.3. The highest BCUT2D eigenvalue weighted by Crippen LogP contribution is 2.32. The molecular weight excluding hydrogens is 860 g/mol. The van der Waals surface area contributed by atoms with E-state index in [1.54, 1.807) is 21.1 Å². The van der Waals surface area contributed by atoms with Crippen molar-refractivity contribution in [2.24, 2.45) is 5.92 Å². The molecule has 4 aliphatic rings. The Labute approximate surface area is 410 Å². The molecule has 392 valence electrons. The molecule has 4 heterocycles. The maximum absolute atomic E-state index is 11.5. The number of hydrogen-bond acceptors (Lipinski definition) is 14. The Morgan fingerprint density at radius 1 is 0.582 bits per heavy atom. The molecule has 0 spiro atoms. The first kappa shape index (κ1) is 64.1. The molecule has 0 saturated carbocycles. The van der Waals surface area contributed by atoms with Crippen LogP contribution in [0, 0.1) is 5.92 Å². The number of amides is 1. The average molecular weight is 958 g/mol. The van der Waals surface area contributed by atoms with Crippen molar-refractivity contribution >= 4 is 21.6 Å². The zero-order valence-corrected chi connectivity index (χ0v) is 45.8. The lowest BCUT2D eigenvalue weighted by molar-refractivity contribution is -0.131. The van der Waals surface area contributed by atoms with Crippen molar-refractivity contribution in [3.05, 3.63) is 0 Å². The molecule has 67 heavy (non-hydrogen) atoms. The Morgan fingerprint density at radius 3 is 1.54 bits per heavy atom. The van der Waals surface area contributed by atoms with Crippen molar-refractivity contribution in [2.45, 2.75) is 266 Å². The van der Waals surface area contributed by atoms with Crippen molar-refractivity contribution in [3.8, 4) is 0 Å². The first-order chi connectivity index (χ1) is 31.2. The SMILES string of the molecule is CC(=O)N1C[C@H](OC(C)C)C[C@H]1COC(C)C.COC1CO[C@H](COC(C)C)[C@@H]1OC(C)C.[B][C@@H]1O[C@H](C(C)OC(C)C)[C@H](OC(C)C)C1C.[B][C@@H]1O[C@H](COC(C)C)[C@H](OC)C1OC(C)C. The fraction of sp³-hybridized carbons (Fsp3) is 0.980. The summed E-state index contributed by atoms with van der Waals surface area (Å²) in [6.07, 6.45) is 1.76. The van der Waals surface area contributed by atoms with E-state index in [9.17, 15) is 4.79 Å². The van der Waals surface area contributed by atoms with Gasteiger partial charge >= 0.3 is 0 Å². The van der Waals surface area contributed by atoms with Crippen molar-refractivity contribution in [1.82, 2.24) is 4.90 Å². The predicted octanol–water partition coefficient (Wildman–Crippen LogP) is 6.68. The first-order valence-corrected chi connectivity index (χ1v) is 25.1. The predicted molar refractivity (Wildman–Crippen MR) is 264 cm³/mol. The Bertz CT molecular complexity index is 1280. The minimum Gasteiger partial charge on any atom is -0.379 e. The van der Waals surface area contributed by atoms with Gasteiger partial charge in [0.1, 0.15) is 58.4 Å². The minimum atomic E-state index is -0.455. The molecule has 14 atom stereocenters. The van der Waals surface area contributed by atoms with Crippen LogP contribution in [0.15, 0.2) is 0 Å². The first-order valence-electron chi connectivity index (χ1n) is 25.1. The van der Waals surface area contributed by atoms with Gasteiger partial charge in [-0.3, -0.25) is 4.79 Å². The summed E-state index contributed by atoms with van der Waals surface area (Å²) in [6, 6.07) is -0.552. The summed E-state index contributed by atoms with van der Waals surface area (Å²) >= 11 is 0. The third-order valence-electron chi connectivity index (χ3n) is 11.1. The van der Waals surface area contributed by atoms with Gasteiger partial charge in [-0.05, 0) is 124 Å². The van der Waals surface area contributed by atoms with Gasteiger partial charge in [-0.1, -0.05) is 6.92 Å². The summed E-state index contributed by atoms with van der Waals surface area (Å²) in [5.41, 5.74) is 0. The van der Waals surface area contributed by atoms with Crippen LogP contribution in [0.5, 0.6) is 0 Å². The zero-order chi connectivity index (χ0) is 51.3. The van der Waals surface area contributed by atoms with E-state index in [-0.39, 0.29) is 134 Å². The maximum Gasteiger partial charge on any atom is 0.219 e. The van der Waals surface area contributed by atoms with E-state index >= 15 is 0 Å². The van der Waals surface area contributed by atoms with Crippen LogP contribution in [0.1, 0.15) is 138 Å². The normalized spacial score (nSPS) is 31.3. The van der Waals surface area contributed by atoms with Gasteiger partial charge in [-0.15, -0.1) is 0 Å². The lowest BCUT2D eigenvalue weighted by Crippen LogP contribution is -2.40. The van der Waals surface area contributed by atoms with Crippen LogP contribution in [0.2, 0.25) is 0 Å². The molecule has 1 amide bonds. The van der Waals surface area contributed by atoms with Crippen LogP contribution in [-0.2, 0) is 66.4 Å². The number of nitrogens with zero attached hydrogens (tertiary/aromatic N) is 1. The Kier molecular flexibility index (Phi) is 31.5. The quantitative estimate of drug-likeness (QED) is 0.107. The smallest absolute Gasteiger partial charge is 0.219 e. The van der Waals surface area contributed by atoms with Crippen LogP contribution in [-0.4, -0.2) is 202 Å². The molecule has 4 radical (unpaired) electrons. The topological polar surface area (TPSA) is 140 Å². The van der Waals surface area contributed by atoms with E-state index in [4.69, 9.17) is 77.3 Å². The lowest BCUT2D eigenvalue weighted by atomic mass is 9.85. The third-order valence-corrected chi connectivity index (χ3v) is 11.1. The van der Waals surface area contributed by atoms with Gasteiger partial charge in [-0.2, -0.15) is 0 Å². The van der Waals surface area contributed by atoms with Crippen molar-refractivity contribution < 1.29 is 66.4 Å². The third kappa shape index (κ3) is 24.4. The second-order valence-electron chi connectivity index (χ2n) is 20.3. The van der Waals surface area contributed by atoms with Gasteiger partial charge in [0.25, 0.3) is 0 Å². The maximum atomic E-state index is 11.5. The molecule has 0 N–H and O–H groups in total. The van der Waals surface area contributed by atoms with E-state index in [2.05, 4.69) is 6.92 Å². The molecular formula is C50H97B2NO14. The van der Waals surface area contributed by atoms with Crippen LogP contribution in [0.4, 0.5) is 0 Å². The highest BCUT2D eigenvalue weighted by atomic mass is 16.6. The number of methoxy groups -OCH3 is 2. The van der Waals surface area contributed by atoms with Gasteiger partial charge in [-0.25, -0.2) is 0 Å².